The van der Waals surface area contributed by atoms with Gasteiger partial charge in [0, 0.05) is 12.6 Å². The van der Waals surface area contributed by atoms with E-state index in [1.54, 1.807) is 0 Å². The summed E-state index contributed by atoms with van der Waals surface area (Å²) in [6.45, 7) is 0.279. The Hall–Kier alpha value is 0.210. The lowest BCUT2D eigenvalue weighted by Crippen LogP contribution is -2.31. The monoisotopic (exact) mass is 179 g/mol. The number of aliphatic hydroxyl groups is 1. The van der Waals surface area contributed by atoms with Crippen LogP contribution in [-0.4, -0.2) is 17.8 Å². The first-order valence-corrected chi connectivity index (χ1v) is 4.21. The summed E-state index contributed by atoms with van der Waals surface area (Å²) in [7, 11) is 0. The first-order valence-electron chi connectivity index (χ1n) is 4.21. The van der Waals surface area contributed by atoms with Gasteiger partial charge in [-0.05, 0) is 18.8 Å². The van der Waals surface area contributed by atoms with Crippen LogP contribution in [-0.2, 0) is 0 Å². The van der Waals surface area contributed by atoms with Gasteiger partial charge in [-0.3, -0.25) is 0 Å². The van der Waals surface area contributed by atoms with Gasteiger partial charge < -0.3 is 10.8 Å². The SMILES string of the molecule is Cl.NC1CCCCCC1CO. The molecule has 1 aliphatic rings. The van der Waals surface area contributed by atoms with Gasteiger partial charge in [-0.15, -0.1) is 12.4 Å². The van der Waals surface area contributed by atoms with Gasteiger partial charge in [0.1, 0.15) is 0 Å². The number of nitrogens with two attached hydrogens (primary N) is 1. The number of halogens is 1. The van der Waals surface area contributed by atoms with Gasteiger partial charge in [0.05, 0.1) is 0 Å². The molecule has 0 aromatic carbocycles. The molecule has 3 heteroatoms. The van der Waals surface area contributed by atoms with Crippen LogP contribution in [0.2, 0.25) is 0 Å². The molecule has 0 aliphatic heterocycles. The lowest BCUT2D eigenvalue weighted by molar-refractivity contribution is 0.197. The van der Waals surface area contributed by atoms with Crippen molar-refractivity contribution >= 4 is 12.4 Å². The molecule has 1 rings (SSSR count). The average Bonchev–Trinajstić information content (AvgIpc) is 2.13. The highest BCUT2D eigenvalue weighted by molar-refractivity contribution is 5.85. The van der Waals surface area contributed by atoms with Crippen molar-refractivity contribution in [3.63, 3.8) is 0 Å². The summed E-state index contributed by atoms with van der Waals surface area (Å²) < 4.78 is 0. The van der Waals surface area contributed by atoms with Crippen molar-refractivity contribution < 1.29 is 5.11 Å². The van der Waals surface area contributed by atoms with E-state index in [2.05, 4.69) is 0 Å². The Morgan fingerprint density at radius 1 is 1.18 bits per heavy atom. The van der Waals surface area contributed by atoms with Crippen molar-refractivity contribution in [2.24, 2.45) is 11.7 Å². The van der Waals surface area contributed by atoms with Crippen LogP contribution >= 0.6 is 12.4 Å². The molecule has 11 heavy (non-hydrogen) atoms. The first-order chi connectivity index (χ1) is 4.84. The minimum atomic E-state index is 0. The van der Waals surface area contributed by atoms with E-state index in [1.807, 2.05) is 0 Å². The van der Waals surface area contributed by atoms with E-state index in [0.717, 1.165) is 12.8 Å². The number of hydrogen-bond acceptors (Lipinski definition) is 2. The first kappa shape index (κ1) is 11.2. The molecule has 0 spiro atoms. The summed E-state index contributed by atoms with van der Waals surface area (Å²) in [5.41, 5.74) is 5.83. The third-order valence-electron chi connectivity index (χ3n) is 2.45. The molecule has 0 amide bonds. The summed E-state index contributed by atoms with van der Waals surface area (Å²) >= 11 is 0. The zero-order chi connectivity index (χ0) is 7.40. The molecule has 2 atom stereocenters. The summed E-state index contributed by atoms with van der Waals surface area (Å²) in [6, 6.07) is 0.257. The number of rotatable bonds is 1. The molecule has 3 N–H and O–H groups in total. The van der Waals surface area contributed by atoms with Gasteiger partial charge in [0.25, 0.3) is 0 Å². The molecule has 1 fully saturated rings. The van der Waals surface area contributed by atoms with Crippen molar-refractivity contribution in [3.05, 3.63) is 0 Å². The van der Waals surface area contributed by atoms with E-state index in [9.17, 15) is 0 Å². The third kappa shape index (κ3) is 3.41. The molecule has 0 aromatic rings. The Morgan fingerprint density at radius 2 is 1.82 bits per heavy atom. The molecule has 0 bridgehead atoms. The minimum absolute atomic E-state index is 0. The highest BCUT2D eigenvalue weighted by atomic mass is 35.5. The van der Waals surface area contributed by atoms with Crippen LogP contribution in [0, 0.1) is 5.92 Å². The van der Waals surface area contributed by atoms with E-state index in [1.165, 1.54) is 19.3 Å². The van der Waals surface area contributed by atoms with Gasteiger partial charge >= 0.3 is 0 Å². The summed E-state index contributed by atoms with van der Waals surface area (Å²) in [5.74, 6) is 0.377. The molecule has 0 aromatic heterocycles. The fraction of sp³-hybridized carbons (Fsp3) is 1.00. The fourth-order valence-electron chi connectivity index (χ4n) is 1.64. The second-order valence-corrected chi connectivity index (χ2v) is 3.24. The zero-order valence-electron chi connectivity index (χ0n) is 6.83. The van der Waals surface area contributed by atoms with Gasteiger partial charge in [-0.25, -0.2) is 0 Å². The average molecular weight is 180 g/mol. The zero-order valence-corrected chi connectivity index (χ0v) is 7.65. The van der Waals surface area contributed by atoms with Crippen molar-refractivity contribution in [1.82, 2.24) is 0 Å². The summed E-state index contributed by atoms with van der Waals surface area (Å²) in [4.78, 5) is 0. The lowest BCUT2D eigenvalue weighted by Gasteiger charge is -2.17. The maximum Gasteiger partial charge on any atom is 0.0474 e. The molecule has 68 valence electrons. The highest BCUT2D eigenvalue weighted by Crippen LogP contribution is 2.21. The normalized spacial score (nSPS) is 32.2. The van der Waals surface area contributed by atoms with Gasteiger partial charge in [0.15, 0.2) is 0 Å². The smallest absolute Gasteiger partial charge is 0.0474 e. The lowest BCUT2D eigenvalue weighted by atomic mass is 9.97. The van der Waals surface area contributed by atoms with Gasteiger partial charge in [0.2, 0.25) is 0 Å². The standard InChI is InChI=1S/C8H17NO.ClH/c9-8-5-3-1-2-4-7(8)6-10;/h7-8,10H,1-6,9H2;1H. The van der Waals surface area contributed by atoms with E-state index < -0.39 is 0 Å². The second-order valence-electron chi connectivity index (χ2n) is 3.24. The maximum absolute atomic E-state index is 8.91. The minimum Gasteiger partial charge on any atom is -0.396 e. The van der Waals surface area contributed by atoms with Crippen LogP contribution < -0.4 is 5.73 Å². The summed E-state index contributed by atoms with van der Waals surface area (Å²) in [5, 5.41) is 8.91. The van der Waals surface area contributed by atoms with Crippen molar-refractivity contribution in [1.29, 1.82) is 0 Å². The third-order valence-corrected chi connectivity index (χ3v) is 2.45. The predicted molar refractivity (Wildman–Crippen MR) is 48.9 cm³/mol. The topological polar surface area (TPSA) is 46.2 Å². The van der Waals surface area contributed by atoms with Gasteiger partial charge in [-0.2, -0.15) is 0 Å². The van der Waals surface area contributed by atoms with Gasteiger partial charge in [-0.1, -0.05) is 19.3 Å². The van der Waals surface area contributed by atoms with Crippen LogP contribution in [0.4, 0.5) is 0 Å². The number of aliphatic hydroxyl groups excluding tert-OH is 1. The predicted octanol–water partition coefficient (Wildman–Crippen LogP) is 1.31. The van der Waals surface area contributed by atoms with E-state index >= 15 is 0 Å². The molecule has 0 radical (unpaired) electrons. The Bertz CT molecular complexity index is 100. The Labute approximate surface area is 74.6 Å². The van der Waals surface area contributed by atoms with Crippen molar-refractivity contribution in [3.8, 4) is 0 Å². The van der Waals surface area contributed by atoms with Crippen LogP contribution in [0.5, 0.6) is 0 Å². The molecule has 1 saturated carbocycles. The van der Waals surface area contributed by atoms with Crippen LogP contribution in [0.1, 0.15) is 32.1 Å². The largest absolute Gasteiger partial charge is 0.396 e. The molecular formula is C8H18ClNO. The highest BCUT2D eigenvalue weighted by Gasteiger charge is 2.18. The molecule has 0 saturated heterocycles. The summed E-state index contributed by atoms with van der Waals surface area (Å²) in [6.07, 6.45) is 6.02. The Balaban J connectivity index is 0.000001000. The molecular weight excluding hydrogens is 162 g/mol. The van der Waals surface area contributed by atoms with E-state index in [0.29, 0.717) is 5.92 Å². The molecule has 2 unspecified atom stereocenters. The maximum atomic E-state index is 8.91. The number of hydrogen-bond donors (Lipinski definition) is 2. The molecule has 2 nitrogen and oxygen atoms in total. The van der Waals surface area contributed by atoms with E-state index in [4.69, 9.17) is 10.8 Å². The van der Waals surface area contributed by atoms with Crippen molar-refractivity contribution in [2.45, 2.75) is 38.1 Å². The van der Waals surface area contributed by atoms with E-state index in [-0.39, 0.29) is 25.1 Å². The second kappa shape index (κ2) is 5.81. The fourth-order valence-corrected chi connectivity index (χ4v) is 1.64. The molecule has 0 heterocycles. The van der Waals surface area contributed by atoms with Crippen LogP contribution in [0.25, 0.3) is 0 Å². The molecule has 1 aliphatic carbocycles. The Morgan fingerprint density at radius 3 is 2.45 bits per heavy atom. The van der Waals surface area contributed by atoms with Crippen LogP contribution in [0.3, 0.4) is 0 Å². The van der Waals surface area contributed by atoms with Crippen molar-refractivity contribution in [2.75, 3.05) is 6.61 Å². The Kier molecular flexibility index (Phi) is 5.92. The van der Waals surface area contributed by atoms with Crippen LogP contribution in [0.15, 0.2) is 0 Å². The quantitative estimate of drug-likeness (QED) is 0.597.